The minimum atomic E-state index is -0.0832. The van der Waals surface area contributed by atoms with Gasteiger partial charge in [-0.15, -0.1) is 11.8 Å². The lowest BCUT2D eigenvalue weighted by molar-refractivity contribution is -0.124. The monoisotopic (exact) mass is 384 g/mol. The summed E-state index contributed by atoms with van der Waals surface area (Å²) in [5.41, 5.74) is 0. The molecule has 2 amide bonds. The minimum Gasteiger partial charge on any atom is -0.486 e. The van der Waals surface area contributed by atoms with E-state index in [2.05, 4.69) is 5.32 Å². The van der Waals surface area contributed by atoms with Gasteiger partial charge >= 0.3 is 0 Å². The highest BCUT2D eigenvalue weighted by Gasteiger charge is 2.25. The largest absolute Gasteiger partial charge is 0.486 e. The fraction of sp³-hybridized carbons (Fsp3) is 0.400. The third-order valence-corrected chi connectivity index (χ3v) is 5.81. The molecular weight excluding hydrogens is 368 g/mol. The molecule has 0 aliphatic carbocycles. The van der Waals surface area contributed by atoms with Crippen molar-refractivity contribution in [2.24, 2.45) is 0 Å². The van der Waals surface area contributed by atoms with Crippen LogP contribution in [-0.2, 0) is 9.59 Å². The summed E-state index contributed by atoms with van der Waals surface area (Å²) in [6, 6.07) is 5.64. The number of benzene rings is 1. The van der Waals surface area contributed by atoms with E-state index < -0.39 is 0 Å². The van der Waals surface area contributed by atoms with E-state index in [0.717, 1.165) is 10.6 Å². The predicted octanol–water partition coefficient (Wildman–Crippen LogP) is 1.53. The van der Waals surface area contributed by atoms with Crippen molar-refractivity contribution >= 4 is 51.9 Å². The molecule has 2 aliphatic rings. The summed E-state index contributed by atoms with van der Waals surface area (Å²) in [5.74, 6) is 2.06. The van der Waals surface area contributed by atoms with Gasteiger partial charge in [-0.05, 0) is 18.2 Å². The van der Waals surface area contributed by atoms with Crippen LogP contribution >= 0.6 is 35.7 Å². The first-order valence-electron chi connectivity index (χ1n) is 7.40. The van der Waals surface area contributed by atoms with E-state index in [1.165, 1.54) is 28.4 Å². The van der Waals surface area contributed by atoms with Crippen LogP contribution in [0.5, 0.6) is 11.5 Å². The molecule has 1 saturated heterocycles. The first-order chi connectivity index (χ1) is 11.6. The number of nitrogens with zero attached hydrogens (tertiary/aromatic N) is 1. The number of thiocarbonyl (C=S) groups is 1. The zero-order chi connectivity index (χ0) is 16.9. The van der Waals surface area contributed by atoms with Crippen LogP contribution in [-0.4, -0.2) is 58.8 Å². The van der Waals surface area contributed by atoms with Crippen LogP contribution in [0.15, 0.2) is 23.1 Å². The lowest BCUT2D eigenvalue weighted by Crippen LogP contribution is -2.37. The fourth-order valence-electron chi connectivity index (χ4n) is 2.22. The van der Waals surface area contributed by atoms with Gasteiger partial charge in [-0.3, -0.25) is 14.5 Å². The average molecular weight is 385 g/mol. The maximum absolute atomic E-state index is 11.9. The van der Waals surface area contributed by atoms with Crippen molar-refractivity contribution in [3.05, 3.63) is 18.2 Å². The Hall–Kier alpha value is -1.45. The van der Waals surface area contributed by atoms with Gasteiger partial charge in [0.15, 0.2) is 11.5 Å². The van der Waals surface area contributed by atoms with Crippen molar-refractivity contribution in [2.45, 2.75) is 4.90 Å². The van der Waals surface area contributed by atoms with E-state index in [9.17, 15) is 9.59 Å². The molecule has 0 aromatic heterocycles. The van der Waals surface area contributed by atoms with Gasteiger partial charge in [-0.2, -0.15) is 0 Å². The number of carbonyl (C=O) groups is 2. The average Bonchev–Trinajstić information content (AvgIpc) is 2.91. The van der Waals surface area contributed by atoms with Crippen LogP contribution in [0.1, 0.15) is 0 Å². The lowest BCUT2D eigenvalue weighted by atomic mass is 10.3. The summed E-state index contributed by atoms with van der Waals surface area (Å²) in [7, 11) is 0. The Kier molecular flexibility index (Phi) is 5.85. The molecule has 0 unspecified atom stereocenters. The second-order valence-corrected chi connectivity index (χ2v) is 7.70. The number of amides is 2. The van der Waals surface area contributed by atoms with Gasteiger partial charge in [0.1, 0.15) is 17.5 Å². The van der Waals surface area contributed by atoms with E-state index in [1.54, 1.807) is 0 Å². The predicted molar refractivity (Wildman–Crippen MR) is 97.9 cm³/mol. The van der Waals surface area contributed by atoms with Crippen molar-refractivity contribution in [1.82, 2.24) is 10.2 Å². The van der Waals surface area contributed by atoms with Crippen LogP contribution in [0, 0.1) is 0 Å². The molecule has 3 rings (SSSR count). The van der Waals surface area contributed by atoms with Crippen molar-refractivity contribution in [2.75, 3.05) is 37.8 Å². The number of rotatable bonds is 6. The molecule has 0 radical (unpaired) electrons. The second kappa shape index (κ2) is 8.09. The van der Waals surface area contributed by atoms with Gasteiger partial charge in [0.25, 0.3) is 0 Å². The molecule has 1 fully saturated rings. The minimum absolute atomic E-state index is 0.00454. The molecule has 128 valence electrons. The number of nitrogens with one attached hydrogen (secondary N) is 1. The molecule has 6 nitrogen and oxygen atoms in total. The quantitative estimate of drug-likeness (QED) is 0.589. The lowest BCUT2D eigenvalue weighted by Gasteiger charge is -2.18. The molecule has 0 saturated carbocycles. The molecule has 1 aromatic carbocycles. The fourth-order valence-corrected chi connectivity index (χ4v) is 4.09. The van der Waals surface area contributed by atoms with Crippen molar-refractivity contribution < 1.29 is 19.1 Å². The van der Waals surface area contributed by atoms with E-state index in [-0.39, 0.29) is 11.8 Å². The molecule has 0 bridgehead atoms. The Morgan fingerprint density at radius 3 is 2.88 bits per heavy atom. The van der Waals surface area contributed by atoms with Crippen molar-refractivity contribution in [3.63, 3.8) is 0 Å². The summed E-state index contributed by atoms with van der Waals surface area (Å²) in [5, 5.41) is 2.80. The highest BCUT2D eigenvalue weighted by molar-refractivity contribution is 8.23. The van der Waals surface area contributed by atoms with Gasteiger partial charge in [-0.25, -0.2) is 0 Å². The topological polar surface area (TPSA) is 67.9 Å². The summed E-state index contributed by atoms with van der Waals surface area (Å²) in [6.45, 7) is 1.92. The Bertz CT molecular complexity index is 652. The van der Waals surface area contributed by atoms with E-state index in [0.29, 0.717) is 47.9 Å². The third-order valence-electron chi connectivity index (χ3n) is 3.38. The molecule has 2 heterocycles. The molecule has 0 atom stereocenters. The molecule has 24 heavy (non-hydrogen) atoms. The van der Waals surface area contributed by atoms with Crippen LogP contribution in [0.4, 0.5) is 0 Å². The SMILES string of the molecule is O=C(CSc1ccc2c(c1)OCCO2)NCCN1C(=O)CSC1=S. The highest BCUT2D eigenvalue weighted by Crippen LogP contribution is 2.34. The van der Waals surface area contributed by atoms with Gasteiger partial charge in [0.05, 0.1) is 11.5 Å². The second-order valence-electron chi connectivity index (χ2n) is 5.04. The third kappa shape index (κ3) is 4.34. The summed E-state index contributed by atoms with van der Waals surface area (Å²) in [6.07, 6.45) is 0. The van der Waals surface area contributed by atoms with Crippen molar-refractivity contribution in [1.29, 1.82) is 0 Å². The zero-order valence-corrected chi connectivity index (χ0v) is 15.2. The summed E-state index contributed by atoms with van der Waals surface area (Å²) < 4.78 is 11.6. The normalized spacial score (nSPS) is 16.4. The number of ether oxygens (including phenoxy) is 2. The molecule has 1 N–H and O–H groups in total. The Labute approximate surface area is 153 Å². The molecule has 0 spiro atoms. The standard InChI is InChI=1S/C15H16N2O4S3/c18-13(16-3-4-17-14(19)9-24-15(17)22)8-23-10-1-2-11-12(7-10)21-6-5-20-11/h1-2,7H,3-6,8-9H2,(H,16,18). The van der Waals surface area contributed by atoms with Gasteiger partial charge < -0.3 is 14.8 Å². The molecule has 9 heteroatoms. The first kappa shape index (κ1) is 17.4. The van der Waals surface area contributed by atoms with Crippen LogP contribution in [0.2, 0.25) is 0 Å². The van der Waals surface area contributed by atoms with E-state index >= 15 is 0 Å². The molecule has 2 aliphatic heterocycles. The number of hydrogen-bond acceptors (Lipinski definition) is 7. The molecule has 1 aromatic rings. The van der Waals surface area contributed by atoms with Gasteiger partial charge in [0, 0.05) is 18.0 Å². The number of thioether (sulfide) groups is 2. The van der Waals surface area contributed by atoms with E-state index in [4.69, 9.17) is 21.7 Å². The highest BCUT2D eigenvalue weighted by atomic mass is 32.2. The smallest absolute Gasteiger partial charge is 0.238 e. The Balaban J connectivity index is 1.41. The maximum Gasteiger partial charge on any atom is 0.238 e. The number of hydrogen-bond donors (Lipinski definition) is 1. The van der Waals surface area contributed by atoms with Crippen LogP contribution in [0.25, 0.3) is 0 Å². The summed E-state index contributed by atoms with van der Waals surface area (Å²) in [4.78, 5) is 26.0. The molecular formula is C15H16N2O4S3. The van der Waals surface area contributed by atoms with Gasteiger partial charge in [0.2, 0.25) is 11.8 Å². The van der Waals surface area contributed by atoms with Crippen LogP contribution < -0.4 is 14.8 Å². The Morgan fingerprint density at radius 1 is 1.33 bits per heavy atom. The van der Waals surface area contributed by atoms with Crippen molar-refractivity contribution in [3.8, 4) is 11.5 Å². The van der Waals surface area contributed by atoms with Gasteiger partial charge in [-0.1, -0.05) is 24.0 Å². The first-order valence-corrected chi connectivity index (χ1v) is 9.78. The number of fused-ring (bicyclic) bond motifs is 1. The van der Waals surface area contributed by atoms with E-state index in [1.807, 2.05) is 18.2 Å². The zero-order valence-electron chi connectivity index (χ0n) is 12.8. The van der Waals surface area contributed by atoms with Crippen LogP contribution in [0.3, 0.4) is 0 Å². The summed E-state index contributed by atoms with van der Waals surface area (Å²) >= 11 is 7.88. The Morgan fingerprint density at radius 2 is 2.12 bits per heavy atom. The number of carbonyl (C=O) groups excluding carboxylic acids is 2. The maximum atomic E-state index is 11.9.